The fourth-order valence-corrected chi connectivity index (χ4v) is 8.56. The van der Waals surface area contributed by atoms with Gasteiger partial charge in [0.05, 0.1) is 12.5 Å². The zero-order valence-electron chi connectivity index (χ0n) is 34.9. The van der Waals surface area contributed by atoms with Crippen molar-refractivity contribution in [3.8, 4) is 11.1 Å². The van der Waals surface area contributed by atoms with Crippen molar-refractivity contribution in [1.29, 1.82) is 0 Å². The third-order valence-electron chi connectivity index (χ3n) is 10.7. The lowest BCUT2D eigenvalue weighted by Crippen LogP contribution is -2.51. The molecule has 12 nitrogen and oxygen atoms in total. The van der Waals surface area contributed by atoms with Crippen LogP contribution in [-0.2, 0) is 35.0 Å². The molecule has 0 radical (unpaired) electrons. The van der Waals surface area contributed by atoms with Crippen LogP contribution in [0.4, 0.5) is 4.79 Å². The van der Waals surface area contributed by atoms with Crippen LogP contribution in [0.15, 0.2) is 84.2 Å². The molecule has 0 aliphatic heterocycles. The molecular weight excluding hydrogens is 769 g/mol. The number of alkyl carbamates (subject to hydrolysis) is 1. The smallest absolute Gasteiger partial charge is 0.407 e. The lowest BCUT2D eigenvalue weighted by atomic mass is 9.95. The number of thiazole rings is 1. The average Bonchev–Trinajstić information content (AvgIpc) is 3.84. The Labute approximate surface area is 351 Å². The van der Waals surface area contributed by atoms with Crippen LogP contribution in [0.2, 0.25) is 0 Å². The maximum Gasteiger partial charge on any atom is 0.407 e. The van der Waals surface area contributed by atoms with Gasteiger partial charge in [0.15, 0.2) is 6.10 Å². The van der Waals surface area contributed by atoms with E-state index in [2.05, 4.69) is 27.8 Å². The van der Waals surface area contributed by atoms with Crippen molar-refractivity contribution < 1.29 is 38.2 Å². The number of ether oxygens (including phenoxy) is 3. The number of likely N-dealkylation sites (N-methyl/N-ethyl adjacent to an activating group) is 1. The first-order valence-corrected chi connectivity index (χ1v) is 21.2. The largest absolute Gasteiger partial charge is 0.466 e. The van der Waals surface area contributed by atoms with E-state index in [9.17, 15) is 24.0 Å². The van der Waals surface area contributed by atoms with E-state index in [1.54, 1.807) is 31.2 Å². The number of carbonyl (C=O) groups is 5. The van der Waals surface area contributed by atoms with Crippen molar-refractivity contribution in [2.24, 2.45) is 11.8 Å². The number of hydrogen-bond donors (Lipinski definition) is 2. The monoisotopic (exact) mass is 824 g/mol. The summed E-state index contributed by atoms with van der Waals surface area (Å²) in [5.41, 5.74) is 5.57. The van der Waals surface area contributed by atoms with Gasteiger partial charge in [-0.1, -0.05) is 107 Å². The van der Waals surface area contributed by atoms with Crippen LogP contribution in [0.1, 0.15) is 105 Å². The topological polar surface area (TPSA) is 153 Å². The lowest BCUT2D eigenvalue weighted by Gasteiger charge is -2.35. The summed E-state index contributed by atoms with van der Waals surface area (Å²) in [7, 11) is 1.67. The second kappa shape index (κ2) is 20.9. The van der Waals surface area contributed by atoms with Gasteiger partial charge in [-0.15, -0.1) is 11.3 Å². The third-order valence-corrected chi connectivity index (χ3v) is 11.7. The quantitative estimate of drug-likeness (QED) is 0.0711. The summed E-state index contributed by atoms with van der Waals surface area (Å²) in [6.45, 7) is 11.0. The van der Waals surface area contributed by atoms with E-state index in [-0.39, 0.29) is 49.0 Å². The molecule has 5 atom stereocenters. The number of amides is 3. The first-order valence-electron chi connectivity index (χ1n) is 20.3. The minimum atomic E-state index is -0.866. The van der Waals surface area contributed by atoms with Gasteiger partial charge < -0.3 is 29.7 Å². The zero-order chi connectivity index (χ0) is 42.6. The van der Waals surface area contributed by atoms with Crippen molar-refractivity contribution >= 4 is 41.2 Å². The standard InChI is InChI=1S/C46H56N4O8S/c1-8-38(49-46(55)57-26-37-35-21-15-13-19-33(35)34-20-14-16-22-36(34)37)44(53)50(7)40(28(3)4)25-41(58-30(6)51)43-48-39(27-59-43)42(52)47-32(23-29(5)45(54)56-9-2)24-31-17-11-10-12-18-31/h10-22,27-29,32,37-38,40-41H,8-9,23-26H2,1-7H3,(H,47,52)(H,49,55)/t29-,32-,38-,40-,41+/m0/s1. The van der Waals surface area contributed by atoms with Gasteiger partial charge >= 0.3 is 18.0 Å². The Hall–Kier alpha value is -5.56. The van der Waals surface area contributed by atoms with E-state index in [4.69, 9.17) is 14.2 Å². The fourth-order valence-electron chi connectivity index (χ4n) is 7.73. The molecule has 0 unspecified atom stereocenters. The van der Waals surface area contributed by atoms with Gasteiger partial charge in [0.25, 0.3) is 5.91 Å². The molecule has 314 valence electrons. The Morgan fingerprint density at radius 1 is 0.831 bits per heavy atom. The van der Waals surface area contributed by atoms with Crippen molar-refractivity contribution in [2.75, 3.05) is 20.3 Å². The number of aromatic nitrogens is 1. The first-order chi connectivity index (χ1) is 28.3. The van der Waals surface area contributed by atoms with Gasteiger partial charge in [0.1, 0.15) is 23.4 Å². The Morgan fingerprint density at radius 3 is 2.05 bits per heavy atom. The molecule has 13 heteroatoms. The van der Waals surface area contributed by atoms with Crippen LogP contribution < -0.4 is 10.6 Å². The SMILES string of the molecule is CCOC(=O)[C@@H](C)C[C@@H](Cc1ccccc1)NC(=O)c1csc([C@@H](C[C@@H](C(C)C)N(C)C(=O)[C@H](CC)NC(=O)OCC2c3ccccc3-c3ccccc32)OC(C)=O)n1. The molecule has 0 spiro atoms. The highest BCUT2D eigenvalue weighted by Gasteiger charge is 2.35. The molecule has 0 saturated carbocycles. The molecule has 3 amide bonds. The minimum absolute atomic E-state index is 0.0863. The Bertz CT molecular complexity index is 2020. The van der Waals surface area contributed by atoms with E-state index < -0.39 is 48.1 Å². The number of carbonyl (C=O) groups excluding carboxylic acids is 5. The molecule has 0 fully saturated rings. The average molecular weight is 825 g/mol. The summed E-state index contributed by atoms with van der Waals surface area (Å²) in [5, 5.41) is 7.85. The molecule has 4 aromatic rings. The van der Waals surface area contributed by atoms with Crippen molar-refractivity contribution in [3.63, 3.8) is 0 Å². The van der Waals surface area contributed by atoms with E-state index in [0.717, 1.165) is 27.8 Å². The zero-order valence-corrected chi connectivity index (χ0v) is 35.8. The maximum absolute atomic E-state index is 14.0. The molecule has 0 saturated heterocycles. The molecule has 1 heterocycles. The molecule has 5 rings (SSSR count). The van der Waals surface area contributed by atoms with Gasteiger partial charge in [0, 0.05) is 43.8 Å². The van der Waals surface area contributed by atoms with Crippen molar-refractivity contribution in [1.82, 2.24) is 20.5 Å². The van der Waals surface area contributed by atoms with Crippen molar-refractivity contribution in [2.45, 2.75) is 97.4 Å². The van der Waals surface area contributed by atoms with Gasteiger partial charge in [-0.25, -0.2) is 9.78 Å². The normalized spacial score (nSPS) is 14.5. The number of rotatable bonds is 19. The number of esters is 2. The number of hydrogen-bond acceptors (Lipinski definition) is 10. The highest BCUT2D eigenvalue weighted by Crippen LogP contribution is 2.44. The molecule has 1 aliphatic carbocycles. The Kier molecular flexibility index (Phi) is 15.8. The van der Waals surface area contributed by atoms with Crippen LogP contribution >= 0.6 is 11.3 Å². The lowest BCUT2D eigenvalue weighted by molar-refractivity contribution is -0.149. The number of benzene rings is 3. The van der Waals surface area contributed by atoms with Crippen LogP contribution in [-0.4, -0.2) is 78.1 Å². The molecule has 0 bridgehead atoms. The van der Waals surface area contributed by atoms with Crippen LogP contribution in [0, 0.1) is 11.8 Å². The molecule has 1 aromatic heterocycles. The number of nitrogens with one attached hydrogen (secondary N) is 2. The molecule has 1 aliphatic rings. The Balaban J connectivity index is 1.24. The van der Waals surface area contributed by atoms with Crippen LogP contribution in [0.3, 0.4) is 0 Å². The van der Waals surface area contributed by atoms with Gasteiger partial charge in [-0.3, -0.25) is 19.2 Å². The van der Waals surface area contributed by atoms with E-state index in [1.165, 1.54) is 18.3 Å². The predicted molar refractivity (Wildman–Crippen MR) is 227 cm³/mol. The highest BCUT2D eigenvalue weighted by molar-refractivity contribution is 7.09. The summed E-state index contributed by atoms with van der Waals surface area (Å²) in [6.07, 6.45) is -0.175. The van der Waals surface area contributed by atoms with Crippen molar-refractivity contribution in [3.05, 3.63) is 112 Å². The third kappa shape index (κ3) is 11.6. The highest BCUT2D eigenvalue weighted by atomic mass is 32.1. The fraction of sp³-hybridized carbons (Fsp3) is 0.435. The second-order valence-electron chi connectivity index (χ2n) is 15.3. The first kappa shape index (κ1) is 44.5. The maximum atomic E-state index is 14.0. The van der Waals surface area contributed by atoms with Gasteiger partial charge in [0.2, 0.25) is 5.91 Å². The Morgan fingerprint density at radius 2 is 1.46 bits per heavy atom. The predicted octanol–water partition coefficient (Wildman–Crippen LogP) is 7.87. The molecule has 2 N–H and O–H groups in total. The number of fused-ring (bicyclic) bond motifs is 3. The molecule has 3 aromatic carbocycles. The molecule has 59 heavy (non-hydrogen) atoms. The van der Waals surface area contributed by atoms with Gasteiger partial charge in [-0.05, 0) is 59.9 Å². The van der Waals surface area contributed by atoms with E-state index in [1.807, 2.05) is 87.5 Å². The summed E-state index contributed by atoms with van der Waals surface area (Å²) < 4.78 is 16.8. The summed E-state index contributed by atoms with van der Waals surface area (Å²) >= 11 is 1.18. The van der Waals surface area contributed by atoms with Crippen LogP contribution in [0.25, 0.3) is 11.1 Å². The second-order valence-corrected chi connectivity index (χ2v) is 16.2. The summed E-state index contributed by atoms with van der Waals surface area (Å²) in [4.78, 5) is 72.0. The van der Waals surface area contributed by atoms with Crippen LogP contribution in [0.5, 0.6) is 0 Å². The van der Waals surface area contributed by atoms with E-state index in [0.29, 0.717) is 24.3 Å². The number of nitrogens with zero attached hydrogens (tertiary/aromatic N) is 2. The van der Waals surface area contributed by atoms with E-state index >= 15 is 0 Å². The molecular formula is C46H56N4O8S. The van der Waals surface area contributed by atoms with Gasteiger partial charge in [-0.2, -0.15) is 0 Å². The minimum Gasteiger partial charge on any atom is -0.466 e. The summed E-state index contributed by atoms with van der Waals surface area (Å²) in [5.74, 6) is -2.27. The summed E-state index contributed by atoms with van der Waals surface area (Å²) in [6, 6.07) is 24.2.